The highest BCUT2D eigenvalue weighted by Gasteiger charge is 2.23. The number of para-hydroxylation sites is 1. The summed E-state index contributed by atoms with van der Waals surface area (Å²) in [6.45, 7) is 3.51. The van der Waals surface area contributed by atoms with Crippen molar-refractivity contribution in [2.45, 2.75) is 26.3 Å². The third-order valence-corrected chi connectivity index (χ3v) is 6.39. The zero-order valence-corrected chi connectivity index (χ0v) is 20.1. The number of carbonyl (C=O) groups excluding carboxylic acids is 2. The number of benzene rings is 2. The van der Waals surface area contributed by atoms with Crippen molar-refractivity contribution in [2.75, 3.05) is 23.9 Å². The molecule has 0 aromatic heterocycles. The predicted octanol–water partition coefficient (Wildman–Crippen LogP) is 3.07. The van der Waals surface area contributed by atoms with Crippen LogP contribution in [0.3, 0.4) is 0 Å². The van der Waals surface area contributed by atoms with Crippen LogP contribution in [0, 0.1) is 13.8 Å². The average Bonchev–Trinajstić information content (AvgIpc) is 2.77. The van der Waals surface area contributed by atoms with E-state index in [1.165, 1.54) is 17.8 Å². The van der Waals surface area contributed by atoms with E-state index in [0.717, 1.165) is 22.1 Å². The summed E-state index contributed by atoms with van der Waals surface area (Å²) in [6.07, 6.45) is 3.63. The van der Waals surface area contributed by atoms with E-state index >= 15 is 0 Å². The second kappa shape index (κ2) is 12.4. The number of nitrogens with one attached hydrogen (secondary N) is 3. The van der Waals surface area contributed by atoms with E-state index in [-0.39, 0.29) is 12.5 Å². The number of rotatable bonds is 11. The van der Waals surface area contributed by atoms with Crippen LogP contribution in [0.15, 0.2) is 53.9 Å². The molecule has 2 rings (SSSR count). The molecule has 0 spiro atoms. The smallest absolute Gasteiger partial charge is 0.243 e. The van der Waals surface area contributed by atoms with Crippen LogP contribution >= 0.6 is 11.8 Å². The number of hydrogen-bond acceptors (Lipinski definition) is 5. The Labute approximate surface area is 194 Å². The molecule has 0 aliphatic carbocycles. The molecule has 0 fully saturated rings. The maximum Gasteiger partial charge on any atom is 0.243 e. The highest BCUT2D eigenvalue weighted by atomic mass is 32.2. The molecule has 2 aromatic rings. The third kappa shape index (κ3) is 8.49. The fourth-order valence-corrected chi connectivity index (χ4v) is 4.44. The molecule has 2 aromatic carbocycles. The highest BCUT2D eigenvalue weighted by molar-refractivity contribution is 7.98. The van der Waals surface area contributed by atoms with Crippen molar-refractivity contribution in [1.29, 1.82) is 0 Å². The first-order valence-corrected chi connectivity index (χ1v) is 13.0. The second-order valence-electron chi connectivity index (χ2n) is 7.24. The lowest BCUT2D eigenvalue weighted by Gasteiger charge is -2.17. The van der Waals surface area contributed by atoms with E-state index in [9.17, 15) is 18.0 Å². The van der Waals surface area contributed by atoms with E-state index in [0.29, 0.717) is 17.9 Å². The van der Waals surface area contributed by atoms with Gasteiger partial charge in [-0.2, -0.15) is 16.5 Å². The molecule has 0 saturated carbocycles. The lowest BCUT2D eigenvalue weighted by molar-refractivity contribution is -0.125. The van der Waals surface area contributed by atoms with Gasteiger partial charge in [0.2, 0.25) is 21.8 Å². The number of carbonyl (C=O) groups is 2. The van der Waals surface area contributed by atoms with Crippen molar-refractivity contribution in [3.63, 3.8) is 0 Å². The van der Waals surface area contributed by atoms with E-state index in [4.69, 9.17) is 0 Å². The van der Waals surface area contributed by atoms with Crippen LogP contribution in [0.4, 0.5) is 5.69 Å². The number of aryl methyl sites for hydroxylation is 2. The standard InChI is InChI=1S/C23H29N3O4S2/c1-17-8-7-9-18(2)22(17)25-21(27)16-24-23(28)20(12-14-31-3)26-32(29,30)15-13-19-10-5-4-6-11-19/h4-11,13,15,20,26H,12,14,16H2,1-3H3,(H,24,28)(H,25,27). The zero-order valence-electron chi connectivity index (χ0n) is 18.4. The number of amides is 2. The van der Waals surface area contributed by atoms with Crippen molar-refractivity contribution >= 4 is 45.4 Å². The second-order valence-corrected chi connectivity index (χ2v) is 9.83. The molecule has 2 amide bonds. The first-order valence-electron chi connectivity index (χ1n) is 10.1. The lowest BCUT2D eigenvalue weighted by Crippen LogP contribution is -2.48. The van der Waals surface area contributed by atoms with Gasteiger partial charge in [-0.3, -0.25) is 9.59 Å². The molecule has 1 unspecified atom stereocenters. The Hall–Kier alpha value is -2.62. The molecule has 0 saturated heterocycles. The van der Waals surface area contributed by atoms with Gasteiger partial charge in [0.05, 0.1) is 6.54 Å². The van der Waals surface area contributed by atoms with E-state index in [2.05, 4.69) is 15.4 Å². The number of thioether (sulfide) groups is 1. The van der Waals surface area contributed by atoms with Gasteiger partial charge in [0.15, 0.2) is 0 Å². The van der Waals surface area contributed by atoms with Gasteiger partial charge in [0.25, 0.3) is 0 Å². The predicted molar refractivity (Wildman–Crippen MR) is 132 cm³/mol. The molecule has 0 aliphatic rings. The zero-order chi connectivity index (χ0) is 23.6. The number of sulfonamides is 1. The molecule has 172 valence electrons. The fourth-order valence-electron chi connectivity index (χ4n) is 2.93. The maximum absolute atomic E-state index is 12.6. The van der Waals surface area contributed by atoms with Crippen LogP contribution < -0.4 is 15.4 Å². The van der Waals surface area contributed by atoms with Crippen molar-refractivity contribution in [3.8, 4) is 0 Å². The van der Waals surface area contributed by atoms with Crippen LogP contribution in [0.5, 0.6) is 0 Å². The highest BCUT2D eigenvalue weighted by Crippen LogP contribution is 2.19. The monoisotopic (exact) mass is 475 g/mol. The average molecular weight is 476 g/mol. The third-order valence-electron chi connectivity index (χ3n) is 4.64. The van der Waals surface area contributed by atoms with Gasteiger partial charge in [-0.1, -0.05) is 48.5 Å². The summed E-state index contributed by atoms with van der Waals surface area (Å²) < 4.78 is 27.4. The lowest BCUT2D eigenvalue weighted by atomic mass is 10.1. The van der Waals surface area contributed by atoms with Crippen LogP contribution in [0.1, 0.15) is 23.1 Å². The molecule has 3 N–H and O–H groups in total. The maximum atomic E-state index is 12.6. The fraction of sp³-hybridized carbons (Fsp3) is 0.304. The molecule has 9 heteroatoms. The summed E-state index contributed by atoms with van der Waals surface area (Å²) >= 11 is 1.50. The summed E-state index contributed by atoms with van der Waals surface area (Å²) in [7, 11) is -3.85. The van der Waals surface area contributed by atoms with Gasteiger partial charge in [-0.25, -0.2) is 8.42 Å². The van der Waals surface area contributed by atoms with Crippen LogP contribution in [-0.4, -0.2) is 44.8 Å². The molecule has 0 radical (unpaired) electrons. The van der Waals surface area contributed by atoms with Gasteiger partial charge in [-0.15, -0.1) is 0 Å². The SMILES string of the molecule is CSCCC(NS(=O)(=O)C=Cc1ccccc1)C(=O)NCC(=O)Nc1c(C)cccc1C. The van der Waals surface area contributed by atoms with Gasteiger partial charge < -0.3 is 10.6 Å². The topological polar surface area (TPSA) is 104 Å². The molecule has 1 atom stereocenters. The summed E-state index contributed by atoms with van der Waals surface area (Å²) in [5, 5.41) is 6.37. The summed E-state index contributed by atoms with van der Waals surface area (Å²) in [5.41, 5.74) is 3.27. The first-order chi connectivity index (χ1) is 15.2. The Morgan fingerprint density at radius 1 is 1.03 bits per heavy atom. The molecular weight excluding hydrogens is 446 g/mol. The largest absolute Gasteiger partial charge is 0.346 e. The summed E-state index contributed by atoms with van der Waals surface area (Å²) in [4.78, 5) is 25.0. The van der Waals surface area contributed by atoms with Gasteiger partial charge in [0, 0.05) is 11.1 Å². The van der Waals surface area contributed by atoms with Crippen molar-refractivity contribution < 1.29 is 18.0 Å². The van der Waals surface area contributed by atoms with Gasteiger partial charge in [0.1, 0.15) is 6.04 Å². The summed E-state index contributed by atoms with van der Waals surface area (Å²) in [6, 6.07) is 13.7. The molecular formula is C23H29N3O4S2. The quantitative estimate of drug-likeness (QED) is 0.463. The molecule has 7 nitrogen and oxygen atoms in total. The van der Waals surface area contributed by atoms with E-state index in [1.54, 1.807) is 24.3 Å². The van der Waals surface area contributed by atoms with Gasteiger partial charge >= 0.3 is 0 Å². The Morgan fingerprint density at radius 3 is 2.31 bits per heavy atom. The van der Waals surface area contributed by atoms with Crippen molar-refractivity contribution in [3.05, 3.63) is 70.6 Å². The van der Waals surface area contributed by atoms with Crippen LogP contribution in [0.2, 0.25) is 0 Å². The molecule has 32 heavy (non-hydrogen) atoms. The minimum Gasteiger partial charge on any atom is -0.346 e. The molecule has 0 heterocycles. The first kappa shape index (κ1) is 25.6. The Bertz CT molecular complexity index is 1030. The minimum atomic E-state index is -3.85. The minimum absolute atomic E-state index is 0.260. The van der Waals surface area contributed by atoms with Gasteiger partial charge in [-0.05, 0) is 55.0 Å². The number of anilines is 1. The molecule has 0 aliphatic heterocycles. The Morgan fingerprint density at radius 2 is 1.69 bits per heavy atom. The van der Waals surface area contributed by atoms with Crippen molar-refractivity contribution in [1.82, 2.24) is 10.0 Å². The molecule has 0 bridgehead atoms. The Balaban J connectivity index is 1.99. The normalized spacial score (nSPS) is 12.5. The number of hydrogen-bond donors (Lipinski definition) is 3. The Kier molecular flexibility index (Phi) is 9.96. The van der Waals surface area contributed by atoms with E-state index in [1.807, 2.05) is 44.4 Å². The summed E-state index contributed by atoms with van der Waals surface area (Å²) in [5.74, 6) is -0.351. The van der Waals surface area contributed by atoms with Crippen LogP contribution in [-0.2, 0) is 19.6 Å². The van der Waals surface area contributed by atoms with Crippen molar-refractivity contribution in [2.24, 2.45) is 0 Å². The van der Waals surface area contributed by atoms with Crippen LogP contribution in [0.25, 0.3) is 6.08 Å². The van der Waals surface area contributed by atoms with E-state index < -0.39 is 22.0 Å².